The minimum Gasteiger partial charge on any atom is -0.497 e. The van der Waals surface area contributed by atoms with Crippen molar-refractivity contribution in [1.82, 2.24) is 9.97 Å². The standard InChI is InChI=1S/C21H16ClN3O2S2/c1-11-3-5-15-12(7-11)8-14(19(22)23-15)20-25(18(26)10-28-20)21-24-16-6-4-13(27-2)9-17(16)29-21/h3-9,20H,10H2,1-2H3. The highest BCUT2D eigenvalue weighted by Gasteiger charge is 2.37. The average molecular weight is 442 g/mol. The number of carbonyl (C=O) groups excluding carboxylic acids is 1. The summed E-state index contributed by atoms with van der Waals surface area (Å²) in [6, 6.07) is 13.8. The predicted octanol–water partition coefficient (Wildman–Crippen LogP) is 5.59. The van der Waals surface area contributed by atoms with Crippen LogP contribution in [0.1, 0.15) is 16.5 Å². The van der Waals surface area contributed by atoms with Crippen LogP contribution < -0.4 is 9.64 Å². The van der Waals surface area contributed by atoms with Gasteiger partial charge in [0.05, 0.1) is 28.6 Å². The largest absolute Gasteiger partial charge is 0.497 e. The van der Waals surface area contributed by atoms with Gasteiger partial charge in [-0.3, -0.25) is 9.69 Å². The highest BCUT2D eigenvalue weighted by molar-refractivity contribution is 8.00. The van der Waals surface area contributed by atoms with Crippen molar-refractivity contribution in [3.05, 3.63) is 58.7 Å². The number of carbonyl (C=O) groups is 1. The molecule has 2 aromatic carbocycles. The summed E-state index contributed by atoms with van der Waals surface area (Å²) in [6.07, 6.45) is 0. The molecule has 1 aliphatic heterocycles. The van der Waals surface area contributed by atoms with Crippen LogP contribution in [0.15, 0.2) is 42.5 Å². The molecule has 0 spiro atoms. The van der Waals surface area contributed by atoms with Crippen LogP contribution in [-0.4, -0.2) is 28.7 Å². The first-order valence-electron chi connectivity index (χ1n) is 8.98. The molecule has 0 bridgehead atoms. The van der Waals surface area contributed by atoms with Gasteiger partial charge in [0.1, 0.15) is 16.3 Å². The van der Waals surface area contributed by atoms with E-state index in [-0.39, 0.29) is 11.3 Å². The van der Waals surface area contributed by atoms with Crippen molar-refractivity contribution in [2.45, 2.75) is 12.3 Å². The molecule has 8 heteroatoms. The van der Waals surface area contributed by atoms with Gasteiger partial charge in [-0.25, -0.2) is 9.97 Å². The van der Waals surface area contributed by atoms with Gasteiger partial charge in [0, 0.05) is 10.9 Å². The number of amides is 1. The van der Waals surface area contributed by atoms with E-state index in [0.717, 1.165) is 38.0 Å². The van der Waals surface area contributed by atoms with Gasteiger partial charge in [-0.15, -0.1) is 11.8 Å². The van der Waals surface area contributed by atoms with Crippen molar-refractivity contribution >= 4 is 66.9 Å². The second-order valence-electron chi connectivity index (χ2n) is 6.82. The number of thioether (sulfide) groups is 1. The number of methoxy groups -OCH3 is 1. The lowest BCUT2D eigenvalue weighted by molar-refractivity contribution is -0.115. The van der Waals surface area contributed by atoms with E-state index in [2.05, 4.69) is 11.1 Å². The fourth-order valence-electron chi connectivity index (χ4n) is 3.45. The van der Waals surface area contributed by atoms with Gasteiger partial charge in [0.25, 0.3) is 0 Å². The zero-order valence-corrected chi connectivity index (χ0v) is 18.1. The maximum absolute atomic E-state index is 12.8. The molecular weight excluding hydrogens is 426 g/mol. The molecule has 1 unspecified atom stereocenters. The first-order valence-corrected chi connectivity index (χ1v) is 11.2. The summed E-state index contributed by atoms with van der Waals surface area (Å²) in [5.41, 5.74) is 3.67. The third-order valence-corrected chi connectivity index (χ3v) is 7.39. The number of nitrogens with zero attached hydrogens (tertiary/aromatic N) is 3. The normalized spacial score (nSPS) is 16.9. The quantitative estimate of drug-likeness (QED) is 0.388. The van der Waals surface area contributed by atoms with Crippen molar-refractivity contribution in [2.75, 3.05) is 17.8 Å². The average Bonchev–Trinajstić information content (AvgIpc) is 3.29. The molecule has 29 heavy (non-hydrogen) atoms. The summed E-state index contributed by atoms with van der Waals surface area (Å²) in [7, 11) is 1.64. The van der Waals surface area contributed by atoms with Gasteiger partial charge in [-0.1, -0.05) is 34.6 Å². The molecule has 0 radical (unpaired) electrons. The lowest BCUT2D eigenvalue weighted by atomic mass is 10.1. The van der Waals surface area contributed by atoms with E-state index in [9.17, 15) is 4.79 Å². The first-order chi connectivity index (χ1) is 14.0. The Morgan fingerprint density at radius 3 is 2.79 bits per heavy atom. The van der Waals surface area contributed by atoms with Crippen molar-refractivity contribution < 1.29 is 9.53 Å². The van der Waals surface area contributed by atoms with E-state index in [4.69, 9.17) is 21.3 Å². The van der Waals surface area contributed by atoms with Crippen LogP contribution in [0.5, 0.6) is 5.75 Å². The fourth-order valence-corrected chi connectivity index (χ4v) is 6.03. The van der Waals surface area contributed by atoms with Crippen LogP contribution in [0.4, 0.5) is 5.13 Å². The highest BCUT2D eigenvalue weighted by atomic mass is 35.5. The van der Waals surface area contributed by atoms with E-state index in [1.54, 1.807) is 23.8 Å². The molecule has 146 valence electrons. The number of halogens is 1. The molecule has 1 atom stereocenters. The fraction of sp³-hybridized carbons (Fsp3) is 0.190. The van der Waals surface area contributed by atoms with Crippen molar-refractivity contribution in [2.24, 2.45) is 0 Å². The van der Waals surface area contributed by atoms with Gasteiger partial charge < -0.3 is 4.74 Å². The first kappa shape index (κ1) is 18.7. The summed E-state index contributed by atoms with van der Waals surface area (Å²) in [5.74, 6) is 1.17. The molecule has 0 aliphatic carbocycles. The van der Waals surface area contributed by atoms with E-state index < -0.39 is 0 Å². The molecule has 5 nitrogen and oxygen atoms in total. The van der Waals surface area contributed by atoms with Crippen LogP contribution in [0.3, 0.4) is 0 Å². The molecule has 1 aliphatic rings. The van der Waals surface area contributed by atoms with E-state index >= 15 is 0 Å². The minimum absolute atomic E-state index is 0.0198. The number of hydrogen-bond acceptors (Lipinski definition) is 6. The van der Waals surface area contributed by atoms with Gasteiger partial charge in [-0.05, 0) is 43.3 Å². The molecule has 1 amide bonds. The number of rotatable bonds is 3. The summed E-state index contributed by atoms with van der Waals surface area (Å²) in [5, 5.41) is 1.84. The van der Waals surface area contributed by atoms with E-state index in [0.29, 0.717) is 16.0 Å². The number of pyridine rings is 1. The van der Waals surface area contributed by atoms with Gasteiger partial charge in [0.15, 0.2) is 5.13 Å². The number of hydrogen-bond donors (Lipinski definition) is 0. The number of benzene rings is 2. The Kier molecular flexibility index (Phi) is 4.61. The Morgan fingerprint density at radius 1 is 1.14 bits per heavy atom. The molecule has 0 N–H and O–H groups in total. The molecule has 5 rings (SSSR count). The summed E-state index contributed by atoms with van der Waals surface area (Å²) < 4.78 is 6.28. The van der Waals surface area contributed by atoms with Crippen LogP contribution in [0.25, 0.3) is 21.1 Å². The van der Waals surface area contributed by atoms with Crippen LogP contribution >= 0.6 is 34.7 Å². The number of thiazole rings is 1. The number of ether oxygens (including phenoxy) is 1. The maximum atomic E-state index is 12.8. The molecular formula is C21H16ClN3O2S2. The third-order valence-electron chi connectivity index (χ3n) is 4.88. The van der Waals surface area contributed by atoms with E-state index in [1.807, 2.05) is 43.3 Å². The summed E-state index contributed by atoms with van der Waals surface area (Å²) in [6.45, 7) is 2.04. The molecule has 1 fully saturated rings. The molecule has 3 heterocycles. The third kappa shape index (κ3) is 3.23. The Balaban J connectivity index is 1.61. The lowest BCUT2D eigenvalue weighted by Gasteiger charge is -2.22. The van der Waals surface area contributed by atoms with E-state index in [1.165, 1.54) is 11.3 Å². The van der Waals surface area contributed by atoms with Crippen LogP contribution in [-0.2, 0) is 4.79 Å². The molecule has 0 saturated carbocycles. The SMILES string of the molecule is COc1ccc2nc(N3C(=O)CSC3c3cc4cc(C)ccc4nc3Cl)sc2c1. The maximum Gasteiger partial charge on any atom is 0.240 e. The second kappa shape index (κ2) is 7.16. The van der Waals surface area contributed by atoms with Crippen LogP contribution in [0.2, 0.25) is 5.15 Å². The Hall–Kier alpha value is -2.35. The minimum atomic E-state index is -0.255. The van der Waals surface area contributed by atoms with Gasteiger partial charge in [-0.2, -0.15) is 0 Å². The highest BCUT2D eigenvalue weighted by Crippen LogP contribution is 2.46. The van der Waals surface area contributed by atoms with Crippen LogP contribution in [0, 0.1) is 6.92 Å². The topological polar surface area (TPSA) is 55.3 Å². The lowest BCUT2D eigenvalue weighted by Crippen LogP contribution is -2.27. The zero-order chi connectivity index (χ0) is 20.1. The number of aromatic nitrogens is 2. The van der Waals surface area contributed by atoms with Gasteiger partial charge >= 0.3 is 0 Å². The zero-order valence-electron chi connectivity index (χ0n) is 15.7. The Bertz CT molecular complexity index is 1270. The molecule has 1 saturated heterocycles. The number of anilines is 1. The summed E-state index contributed by atoms with van der Waals surface area (Å²) in [4.78, 5) is 23.8. The number of fused-ring (bicyclic) bond motifs is 2. The smallest absolute Gasteiger partial charge is 0.240 e. The predicted molar refractivity (Wildman–Crippen MR) is 120 cm³/mol. The Labute approximate surface area is 180 Å². The molecule has 2 aromatic heterocycles. The Morgan fingerprint density at radius 2 is 1.97 bits per heavy atom. The van der Waals surface area contributed by atoms with Crippen molar-refractivity contribution in [3.63, 3.8) is 0 Å². The number of aryl methyl sites for hydroxylation is 1. The monoisotopic (exact) mass is 441 g/mol. The van der Waals surface area contributed by atoms with Crippen molar-refractivity contribution in [3.8, 4) is 5.75 Å². The summed E-state index contributed by atoms with van der Waals surface area (Å²) >= 11 is 9.57. The van der Waals surface area contributed by atoms with Gasteiger partial charge in [0.2, 0.25) is 5.91 Å². The van der Waals surface area contributed by atoms with Crippen molar-refractivity contribution in [1.29, 1.82) is 0 Å². The second-order valence-corrected chi connectivity index (χ2v) is 9.26. The molecule has 4 aromatic rings.